The van der Waals surface area contributed by atoms with Gasteiger partial charge in [-0.05, 0) is 25.0 Å². The first-order valence-corrected chi connectivity index (χ1v) is 9.19. The van der Waals surface area contributed by atoms with Gasteiger partial charge in [-0.15, -0.1) is 11.3 Å². The van der Waals surface area contributed by atoms with Crippen LogP contribution in [0.25, 0.3) is 0 Å². The van der Waals surface area contributed by atoms with Crippen LogP contribution < -0.4 is 5.32 Å². The molecule has 0 aliphatic carbocycles. The van der Waals surface area contributed by atoms with Gasteiger partial charge in [-0.25, -0.2) is 0 Å². The van der Waals surface area contributed by atoms with Crippen molar-refractivity contribution in [2.75, 3.05) is 19.6 Å². The number of carbonyl (C=O) groups is 2. The number of hydrogen-bond donors (Lipinski definition) is 1. The Balaban J connectivity index is 1.67. The summed E-state index contributed by atoms with van der Waals surface area (Å²) in [5.41, 5.74) is 0. The molecule has 23 heavy (non-hydrogen) atoms. The Morgan fingerprint density at radius 2 is 2.13 bits per heavy atom. The molecule has 1 aromatic rings. The molecule has 0 aromatic carbocycles. The van der Waals surface area contributed by atoms with Gasteiger partial charge in [0.1, 0.15) is 12.1 Å². The zero-order valence-electron chi connectivity index (χ0n) is 14.0. The van der Waals surface area contributed by atoms with Gasteiger partial charge in [0.2, 0.25) is 11.8 Å². The van der Waals surface area contributed by atoms with Crippen LogP contribution in [0.3, 0.4) is 0 Å². The first-order chi connectivity index (χ1) is 11.0. The summed E-state index contributed by atoms with van der Waals surface area (Å²) >= 11 is 1.80. The van der Waals surface area contributed by atoms with E-state index >= 15 is 0 Å². The summed E-state index contributed by atoms with van der Waals surface area (Å²) in [6.07, 6.45) is 0.888. The van der Waals surface area contributed by atoms with E-state index in [1.165, 1.54) is 9.75 Å². The molecular formula is C17H25N3O2S. The van der Waals surface area contributed by atoms with E-state index in [0.717, 1.165) is 19.5 Å². The maximum absolute atomic E-state index is 12.7. The van der Waals surface area contributed by atoms with Crippen molar-refractivity contribution in [1.29, 1.82) is 0 Å². The Morgan fingerprint density at radius 3 is 2.78 bits per heavy atom. The molecule has 2 fully saturated rings. The molecule has 2 amide bonds. The second-order valence-electron chi connectivity index (χ2n) is 6.67. The van der Waals surface area contributed by atoms with Crippen LogP contribution in [0.2, 0.25) is 0 Å². The Hall–Kier alpha value is -1.40. The Bertz CT molecular complexity index is 600. The van der Waals surface area contributed by atoms with E-state index in [-0.39, 0.29) is 29.8 Å². The SMILES string of the molecule is CC[C@H](C)[C@@H]1NC(=O)[C@H]2CN(Cc3ccc(C)s3)CCN2C1=O. The third-order valence-electron chi connectivity index (χ3n) is 5.00. The van der Waals surface area contributed by atoms with Crippen molar-refractivity contribution in [2.45, 2.75) is 45.8 Å². The maximum atomic E-state index is 12.7. The van der Waals surface area contributed by atoms with Crippen molar-refractivity contribution in [1.82, 2.24) is 15.1 Å². The Labute approximate surface area is 141 Å². The molecule has 0 bridgehead atoms. The fraction of sp³-hybridized carbons (Fsp3) is 0.647. The summed E-state index contributed by atoms with van der Waals surface area (Å²) in [5, 5.41) is 2.95. The molecule has 126 valence electrons. The van der Waals surface area contributed by atoms with Gasteiger partial charge >= 0.3 is 0 Å². The Morgan fingerprint density at radius 1 is 1.35 bits per heavy atom. The van der Waals surface area contributed by atoms with Crippen LogP contribution in [0.1, 0.15) is 30.0 Å². The van der Waals surface area contributed by atoms with Crippen LogP contribution in [0, 0.1) is 12.8 Å². The third kappa shape index (κ3) is 3.28. The van der Waals surface area contributed by atoms with E-state index in [1.54, 1.807) is 16.2 Å². The lowest BCUT2D eigenvalue weighted by Gasteiger charge is -2.46. The van der Waals surface area contributed by atoms with E-state index in [1.807, 2.05) is 6.92 Å². The van der Waals surface area contributed by atoms with Gasteiger partial charge in [0.05, 0.1) is 0 Å². The van der Waals surface area contributed by atoms with Crippen LogP contribution in [0.15, 0.2) is 12.1 Å². The van der Waals surface area contributed by atoms with Crippen molar-refractivity contribution >= 4 is 23.2 Å². The number of aryl methyl sites for hydroxylation is 1. The second-order valence-corrected chi connectivity index (χ2v) is 8.04. The first kappa shape index (κ1) is 16.5. The van der Waals surface area contributed by atoms with Gasteiger partial charge in [-0.2, -0.15) is 0 Å². The fourth-order valence-electron chi connectivity index (χ4n) is 3.37. The summed E-state index contributed by atoms with van der Waals surface area (Å²) in [7, 11) is 0. The first-order valence-electron chi connectivity index (χ1n) is 8.38. The number of nitrogens with zero attached hydrogens (tertiary/aromatic N) is 2. The number of hydrogen-bond acceptors (Lipinski definition) is 4. The molecule has 1 aromatic heterocycles. The normalized spacial score (nSPS) is 26.8. The summed E-state index contributed by atoms with van der Waals surface area (Å²) < 4.78 is 0. The van der Waals surface area contributed by atoms with Gasteiger partial charge in [0.15, 0.2) is 0 Å². The number of nitrogens with one attached hydrogen (secondary N) is 1. The third-order valence-corrected chi connectivity index (χ3v) is 5.99. The summed E-state index contributed by atoms with van der Waals surface area (Å²) in [4.78, 5) is 31.8. The highest BCUT2D eigenvalue weighted by Crippen LogP contribution is 2.23. The van der Waals surface area contributed by atoms with Crippen molar-refractivity contribution in [2.24, 2.45) is 5.92 Å². The zero-order valence-corrected chi connectivity index (χ0v) is 14.9. The number of amides is 2. The van der Waals surface area contributed by atoms with Crippen LogP contribution in [-0.4, -0.2) is 53.3 Å². The smallest absolute Gasteiger partial charge is 0.246 e. The van der Waals surface area contributed by atoms with E-state index in [2.05, 4.69) is 36.2 Å². The Kier molecular flexibility index (Phi) is 4.73. The maximum Gasteiger partial charge on any atom is 0.246 e. The highest BCUT2D eigenvalue weighted by molar-refractivity contribution is 7.11. The molecule has 6 heteroatoms. The van der Waals surface area contributed by atoms with Crippen molar-refractivity contribution < 1.29 is 9.59 Å². The molecule has 2 aliphatic heterocycles. The van der Waals surface area contributed by atoms with Gasteiger partial charge in [-0.3, -0.25) is 14.5 Å². The highest BCUT2D eigenvalue weighted by Gasteiger charge is 2.44. The van der Waals surface area contributed by atoms with E-state index in [9.17, 15) is 9.59 Å². The molecule has 3 rings (SSSR count). The molecule has 1 N–H and O–H groups in total. The summed E-state index contributed by atoms with van der Waals surface area (Å²) in [5.74, 6) is 0.275. The van der Waals surface area contributed by atoms with Gasteiger partial charge in [0.25, 0.3) is 0 Å². The lowest BCUT2D eigenvalue weighted by Crippen LogP contribution is -2.70. The molecule has 2 aliphatic rings. The molecular weight excluding hydrogens is 310 g/mol. The molecule has 3 heterocycles. The average molecular weight is 335 g/mol. The molecule has 0 spiro atoms. The van der Waals surface area contributed by atoms with Crippen molar-refractivity contribution in [3.8, 4) is 0 Å². The van der Waals surface area contributed by atoms with Crippen LogP contribution in [-0.2, 0) is 16.1 Å². The summed E-state index contributed by atoms with van der Waals surface area (Å²) in [6.45, 7) is 9.15. The monoisotopic (exact) mass is 335 g/mol. The minimum Gasteiger partial charge on any atom is -0.342 e. The van der Waals surface area contributed by atoms with Crippen LogP contribution in [0.5, 0.6) is 0 Å². The van der Waals surface area contributed by atoms with E-state index in [4.69, 9.17) is 0 Å². The molecule has 5 nitrogen and oxygen atoms in total. The molecule has 0 unspecified atom stereocenters. The van der Waals surface area contributed by atoms with Crippen LogP contribution in [0.4, 0.5) is 0 Å². The predicted octanol–water partition coefficient (Wildman–Crippen LogP) is 1.61. The van der Waals surface area contributed by atoms with Gasteiger partial charge in [-0.1, -0.05) is 20.3 Å². The lowest BCUT2D eigenvalue weighted by atomic mass is 9.93. The largest absolute Gasteiger partial charge is 0.342 e. The number of fused-ring (bicyclic) bond motifs is 1. The molecule has 0 saturated carbocycles. The average Bonchev–Trinajstić information content (AvgIpc) is 2.95. The molecule has 2 saturated heterocycles. The summed E-state index contributed by atoms with van der Waals surface area (Å²) in [6, 6.07) is 3.59. The van der Waals surface area contributed by atoms with Crippen molar-refractivity contribution in [3.05, 3.63) is 21.9 Å². The van der Waals surface area contributed by atoms with Gasteiger partial charge < -0.3 is 10.2 Å². The predicted molar refractivity (Wildman–Crippen MR) is 91.2 cm³/mol. The van der Waals surface area contributed by atoms with Crippen molar-refractivity contribution in [3.63, 3.8) is 0 Å². The van der Waals surface area contributed by atoms with E-state index < -0.39 is 0 Å². The minimum absolute atomic E-state index is 0.00181. The lowest BCUT2D eigenvalue weighted by molar-refractivity contribution is -0.154. The number of thiophene rings is 1. The number of rotatable bonds is 4. The number of carbonyl (C=O) groups excluding carboxylic acids is 2. The zero-order chi connectivity index (χ0) is 16.6. The highest BCUT2D eigenvalue weighted by atomic mass is 32.1. The number of piperazine rings is 2. The van der Waals surface area contributed by atoms with E-state index in [0.29, 0.717) is 13.1 Å². The minimum atomic E-state index is -0.352. The van der Waals surface area contributed by atoms with Gasteiger partial charge in [0, 0.05) is 35.9 Å². The topological polar surface area (TPSA) is 52.7 Å². The second kappa shape index (κ2) is 6.61. The molecule has 3 atom stereocenters. The van der Waals surface area contributed by atoms with Crippen LogP contribution >= 0.6 is 11.3 Å². The standard InChI is InChI=1S/C17H25N3O2S/c1-4-11(2)15-17(22)20-8-7-19(10-14(20)16(21)18-15)9-13-6-5-12(3)23-13/h5-6,11,14-15H,4,7-10H2,1-3H3,(H,18,21)/t11-,14+,15-/m0/s1. The fourth-order valence-corrected chi connectivity index (χ4v) is 4.31. The quantitative estimate of drug-likeness (QED) is 0.910. The molecule has 0 radical (unpaired) electrons.